The second-order valence-corrected chi connectivity index (χ2v) is 6.05. The fourth-order valence-electron chi connectivity index (χ4n) is 3.33. The molecule has 0 radical (unpaired) electrons. The van der Waals surface area contributed by atoms with E-state index >= 15 is 0 Å². The number of rotatable bonds is 2. The Labute approximate surface area is 146 Å². The summed E-state index contributed by atoms with van der Waals surface area (Å²) in [5.74, 6) is 2.34. The first-order chi connectivity index (χ1) is 12.4. The van der Waals surface area contributed by atoms with Gasteiger partial charge < -0.3 is 14.0 Å². The molecular formula is C21H15BO3. The van der Waals surface area contributed by atoms with Gasteiger partial charge >= 0.3 is 7.12 Å². The number of ether oxygens (including phenoxy) is 1. The van der Waals surface area contributed by atoms with Crippen molar-refractivity contribution in [3.8, 4) is 11.5 Å². The second kappa shape index (κ2) is 5.74. The zero-order valence-corrected chi connectivity index (χ0v) is 13.5. The maximum absolute atomic E-state index is 6.28. The first-order valence-electron chi connectivity index (χ1n) is 8.34. The van der Waals surface area contributed by atoms with E-state index < -0.39 is 7.12 Å². The van der Waals surface area contributed by atoms with E-state index in [4.69, 9.17) is 14.0 Å². The van der Waals surface area contributed by atoms with Crippen LogP contribution in [0, 0.1) is 0 Å². The van der Waals surface area contributed by atoms with Gasteiger partial charge in [-0.05, 0) is 18.2 Å². The Bertz CT molecular complexity index is 916. The summed E-state index contributed by atoms with van der Waals surface area (Å²) in [4.78, 5) is 0. The summed E-state index contributed by atoms with van der Waals surface area (Å²) in [7, 11) is -0.510. The van der Waals surface area contributed by atoms with Crippen LogP contribution >= 0.6 is 0 Å². The monoisotopic (exact) mass is 326 g/mol. The minimum absolute atomic E-state index is 0.129. The van der Waals surface area contributed by atoms with E-state index in [0.29, 0.717) is 0 Å². The van der Waals surface area contributed by atoms with Gasteiger partial charge in [0.05, 0.1) is 5.47 Å². The van der Waals surface area contributed by atoms with E-state index in [-0.39, 0.29) is 6.10 Å². The molecule has 2 aromatic rings. The largest absolute Gasteiger partial charge is 0.637 e. The summed E-state index contributed by atoms with van der Waals surface area (Å²) in [5, 5.41) is 0. The Morgan fingerprint density at radius 2 is 1.48 bits per heavy atom. The van der Waals surface area contributed by atoms with Crippen molar-refractivity contribution in [1.29, 1.82) is 0 Å². The van der Waals surface area contributed by atoms with E-state index in [1.54, 1.807) is 0 Å². The van der Waals surface area contributed by atoms with Gasteiger partial charge in [-0.3, -0.25) is 0 Å². The third-order valence-corrected chi connectivity index (χ3v) is 4.48. The quantitative estimate of drug-likeness (QED) is 0.768. The van der Waals surface area contributed by atoms with Crippen molar-refractivity contribution in [2.45, 2.75) is 6.10 Å². The third-order valence-electron chi connectivity index (χ3n) is 4.48. The standard InChI is InChI=1S/C21H15BO3/c1-3-9-15(10-4-1)21-20(16-11-5-2-6-12-17(16)23-21)22-24-18-13-7-8-14-19(18)25-22/h1-14,17H. The lowest BCUT2D eigenvalue weighted by Crippen LogP contribution is -2.29. The lowest BCUT2D eigenvalue weighted by atomic mass is 9.72. The number of benzene rings is 2. The summed E-state index contributed by atoms with van der Waals surface area (Å²) in [6.45, 7) is 0. The number of hydrogen-bond acceptors (Lipinski definition) is 3. The highest BCUT2D eigenvalue weighted by Crippen LogP contribution is 2.43. The Hall–Kier alpha value is -3.14. The molecule has 25 heavy (non-hydrogen) atoms. The molecule has 0 saturated carbocycles. The number of para-hydroxylation sites is 2. The van der Waals surface area contributed by atoms with Crippen molar-refractivity contribution in [2.24, 2.45) is 0 Å². The van der Waals surface area contributed by atoms with Gasteiger partial charge in [-0.2, -0.15) is 0 Å². The fraction of sp³-hybridized carbons (Fsp3) is 0.0476. The van der Waals surface area contributed by atoms with E-state index in [9.17, 15) is 0 Å². The fourth-order valence-corrected chi connectivity index (χ4v) is 3.33. The SMILES string of the molecule is C1=CC=C2C(B3Oc4ccccc4O3)=C(c3ccccc3)OC2C=C1. The molecule has 3 aliphatic rings. The van der Waals surface area contributed by atoms with Gasteiger partial charge in [0.15, 0.2) is 0 Å². The van der Waals surface area contributed by atoms with Crippen LogP contribution in [0.3, 0.4) is 0 Å². The van der Waals surface area contributed by atoms with Crippen molar-refractivity contribution in [2.75, 3.05) is 0 Å². The molecular weight excluding hydrogens is 311 g/mol. The summed E-state index contributed by atoms with van der Waals surface area (Å²) < 4.78 is 18.4. The van der Waals surface area contributed by atoms with Crippen LogP contribution in [0.5, 0.6) is 11.5 Å². The van der Waals surface area contributed by atoms with Crippen LogP contribution in [0.25, 0.3) is 5.76 Å². The van der Waals surface area contributed by atoms with E-state index in [2.05, 4.69) is 6.08 Å². The zero-order valence-electron chi connectivity index (χ0n) is 13.5. The average molecular weight is 326 g/mol. The van der Waals surface area contributed by atoms with Gasteiger partial charge in [0, 0.05) is 11.1 Å². The molecule has 2 aromatic carbocycles. The highest BCUT2D eigenvalue weighted by molar-refractivity contribution is 6.59. The Kier molecular flexibility index (Phi) is 3.27. The molecule has 0 fully saturated rings. The summed E-state index contributed by atoms with van der Waals surface area (Å²) >= 11 is 0. The van der Waals surface area contributed by atoms with E-state index in [1.165, 1.54) is 0 Å². The Balaban J connectivity index is 1.63. The molecule has 0 saturated heterocycles. The number of fused-ring (bicyclic) bond motifs is 2. The first kappa shape index (κ1) is 14.2. The Morgan fingerprint density at radius 3 is 2.24 bits per heavy atom. The number of hydrogen-bond donors (Lipinski definition) is 0. The first-order valence-corrected chi connectivity index (χ1v) is 8.34. The summed E-state index contributed by atoms with van der Waals surface area (Å²) in [6, 6.07) is 17.8. The van der Waals surface area contributed by atoms with Gasteiger partial charge in [0.25, 0.3) is 0 Å². The molecule has 0 amide bonds. The lowest BCUT2D eigenvalue weighted by Gasteiger charge is -2.09. The molecule has 120 valence electrons. The predicted octanol–water partition coefficient (Wildman–Crippen LogP) is 4.35. The van der Waals surface area contributed by atoms with E-state index in [0.717, 1.165) is 33.9 Å². The molecule has 0 bridgehead atoms. The van der Waals surface area contributed by atoms with Crippen molar-refractivity contribution in [3.63, 3.8) is 0 Å². The van der Waals surface area contributed by atoms with Crippen molar-refractivity contribution in [1.82, 2.24) is 0 Å². The van der Waals surface area contributed by atoms with Crippen LogP contribution in [0.2, 0.25) is 0 Å². The van der Waals surface area contributed by atoms with Crippen molar-refractivity contribution < 1.29 is 14.0 Å². The minimum Gasteiger partial charge on any atom is -0.519 e. The van der Waals surface area contributed by atoms with Crippen LogP contribution in [0.4, 0.5) is 0 Å². The van der Waals surface area contributed by atoms with Gasteiger partial charge in [-0.1, -0.05) is 66.8 Å². The lowest BCUT2D eigenvalue weighted by molar-refractivity contribution is 0.264. The molecule has 2 heterocycles. The molecule has 1 unspecified atom stereocenters. The molecule has 0 N–H and O–H groups in total. The molecule has 2 aliphatic heterocycles. The minimum atomic E-state index is -0.510. The number of allylic oxidation sites excluding steroid dienone is 4. The van der Waals surface area contributed by atoms with Gasteiger partial charge in [0.2, 0.25) is 0 Å². The predicted molar refractivity (Wildman–Crippen MR) is 98.1 cm³/mol. The Morgan fingerprint density at radius 1 is 0.760 bits per heavy atom. The summed E-state index contributed by atoms with van der Waals surface area (Å²) in [6.07, 6.45) is 10.0. The highest BCUT2D eigenvalue weighted by Gasteiger charge is 2.46. The molecule has 0 aromatic heterocycles. The van der Waals surface area contributed by atoms with Crippen LogP contribution in [0.15, 0.2) is 96.0 Å². The van der Waals surface area contributed by atoms with Gasteiger partial charge in [0.1, 0.15) is 23.4 Å². The average Bonchev–Trinajstić information content (AvgIpc) is 3.16. The summed E-state index contributed by atoms with van der Waals surface area (Å²) in [5.41, 5.74) is 3.04. The molecule has 1 aliphatic carbocycles. The van der Waals surface area contributed by atoms with Gasteiger partial charge in [-0.15, -0.1) is 0 Å². The molecule has 4 heteroatoms. The third kappa shape index (κ3) is 2.38. The maximum Gasteiger partial charge on any atom is 0.637 e. The van der Waals surface area contributed by atoms with Crippen LogP contribution in [-0.4, -0.2) is 13.2 Å². The van der Waals surface area contributed by atoms with Crippen LogP contribution in [-0.2, 0) is 4.74 Å². The van der Waals surface area contributed by atoms with Crippen molar-refractivity contribution in [3.05, 3.63) is 102 Å². The van der Waals surface area contributed by atoms with Crippen LogP contribution < -0.4 is 9.31 Å². The van der Waals surface area contributed by atoms with Crippen molar-refractivity contribution >= 4 is 12.9 Å². The topological polar surface area (TPSA) is 27.7 Å². The van der Waals surface area contributed by atoms with E-state index in [1.807, 2.05) is 78.9 Å². The highest BCUT2D eigenvalue weighted by atomic mass is 16.6. The molecule has 3 nitrogen and oxygen atoms in total. The molecule has 5 rings (SSSR count). The molecule has 1 atom stereocenters. The smallest absolute Gasteiger partial charge is 0.519 e. The van der Waals surface area contributed by atoms with Gasteiger partial charge in [-0.25, -0.2) is 0 Å². The maximum atomic E-state index is 6.28. The second-order valence-electron chi connectivity index (χ2n) is 6.05. The van der Waals surface area contributed by atoms with Crippen LogP contribution in [0.1, 0.15) is 5.56 Å². The molecule has 0 spiro atoms. The zero-order chi connectivity index (χ0) is 16.6. The normalized spacial score (nSPS) is 20.2.